The van der Waals surface area contributed by atoms with Gasteiger partial charge in [-0.3, -0.25) is 4.79 Å². The molecule has 1 aromatic rings. The number of benzene rings is 1. The summed E-state index contributed by atoms with van der Waals surface area (Å²) in [5.74, 6) is -0.275. The van der Waals surface area contributed by atoms with Crippen molar-refractivity contribution in [1.29, 1.82) is 0 Å². The van der Waals surface area contributed by atoms with E-state index in [0.29, 0.717) is 38.5 Å². The Kier molecular flexibility index (Phi) is 8.03. The molecule has 0 fully saturated rings. The van der Waals surface area contributed by atoms with Crippen LogP contribution in [0.3, 0.4) is 0 Å². The predicted octanol–water partition coefficient (Wildman–Crippen LogP) is 0.378. The first-order valence-electron chi connectivity index (χ1n) is 6.96. The lowest BCUT2D eigenvalue weighted by atomic mass is 10.2. The Bertz CT molecular complexity index is 557. The third-order valence-electron chi connectivity index (χ3n) is 2.72. The average molecular weight is 330 g/mol. The molecule has 0 aliphatic rings. The van der Waals surface area contributed by atoms with Gasteiger partial charge >= 0.3 is 0 Å². The molecule has 7 nitrogen and oxygen atoms in total. The zero-order valence-corrected chi connectivity index (χ0v) is 13.6. The van der Waals surface area contributed by atoms with Gasteiger partial charge < -0.3 is 14.8 Å². The molecule has 0 atom stereocenters. The fourth-order valence-corrected chi connectivity index (χ4v) is 2.68. The number of rotatable bonds is 10. The number of amides is 1. The van der Waals surface area contributed by atoms with Gasteiger partial charge in [-0.05, 0) is 24.3 Å². The highest BCUT2D eigenvalue weighted by Crippen LogP contribution is 2.10. The predicted molar refractivity (Wildman–Crippen MR) is 82.3 cm³/mol. The number of hydrogen-bond acceptors (Lipinski definition) is 5. The highest BCUT2D eigenvalue weighted by molar-refractivity contribution is 7.89. The van der Waals surface area contributed by atoms with Crippen molar-refractivity contribution in [3.8, 4) is 0 Å². The molecule has 0 unspecified atom stereocenters. The Morgan fingerprint density at radius 1 is 1.14 bits per heavy atom. The van der Waals surface area contributed by atoms with E-state index < -0.39 is 10.0 Å². The van der Waals surface area contributed by atoms with Crippen molar-refractivity contribution in [3.63, 3.8) is 0 Å². The van der Waals surface area contributed by atoms with Gasteiger partial charge in [0.15, 0.2) is 0 Å². The summed E-state index contributed by atoms with van der Waals surface area (Å²) in [6.45, 7) is 3.77. The van der Waals surface area contributed by atoms with E-state index in [-0.39, 0.29) is 10.8 Å². The highest BCUT2D eigenvalue weighted by Gasteiger charge is 2.13. The molecule has 0 saturated heterocycles. The Balaban J connectivity index is 2.47. The van der Waals surface area contributed by atoms with Crippen LogP contribution in [-0.4, -0.2) is 54.3 Å². The van der Waals surface area contributed by atoms with E-state index in [1.807, 2.05) is 0 Å². The second kappa shape index (κ2) is 9.52. The fourth-order valence-electron chi connectivity index (χ4n) is 1.64. The topological polar surface area (TPSA) is 93.7 Å². The number of carbonyl (C=O) groups is 1. The van der Waals surface area contributed by atoms with Crippen LogP contribution in [-0.2, 0) is 19.5 Å². The van der Waals surface area contributed by atoms with E-state index in [9.17, 15) is 13.2 Å². The molecule has 2 N–H and O–H groups in total. The van der Waals surface area contributed by atoms with Gasteiger partial charge in [0.05, 0.1) is 24.7 Å². The first-order chi connectivity index (χ1) is 10.5. The number of nitrogens with one attached hydrogen (secondary N) is 2. The summed E-state index contributed by atoms with van der Waals surface area (Å²) in [6.07, 6.45) is 0. The van der Waals surface area contributed by atoms with Crippen molar-refractivity contribution >= 4 is 15.9 Å². The van der Waals surface area contributed by atoms with Gasteiger partial charge in [0.2, 0.25) is 10.0 Å². The molecule has 0 radical (unpaired) electrons. The molecule has 0 spiro atoms. The molecule has 0 saturated carbocycles. The lowest BCUT2D eigenvalue weighted by Crippen LogP contribution is -2.28. The molecule has 1 aromatic carbocycles. The van der Waals surface area contributed by atoms with Crippen molar-refractivity contribution in [3.05, 3.63) is 29.8 Å². The molecule has 124 valence electrons. The molecule has 0 aliphatic carbocycles. The number of sulfonamides is 1. The van der Waals surface area contributed by atoms with E-state index >= 15 is 0 Å². The van der Waals surface area contributed by atoms with Gasteiger partial charge in [0.1, 0.15) is 0 Å². The normalized spacial score (nSPS) is 11.4. The minimum Gasteiger partial charge on any atom is -0.382 e. The van der Waals surface area contributed by atoms with E-state index in [1.165, 1.54) is 24.3 Å². The molecule has 1 rings (SSSR count). The lowest BCUT2D eigenvalue weighted by Gasteiger charge is -2.08. The molecule has 22 heavy (non-hydrogen) atoms. The maximum absolute atomic E-state index is 11.9. The maximum Gasteiger partial charge on any atom is 0.251 e. The standard InChI is InChI=1S/C14H22N2O5S/c1-3-16-22(18,19)13-6-4-12(5-7-13)14(17)15-8-9-21-11-10-20-2/h4-7,16H,3,8-11H2,1-2H3,(H,15,17). The largest absolute Gasteiger partial charge is 0.382 e. The van der Waals surface area contributed by atoms with E-state index in [1.54, 1.807) is 14.0 Å². The second-order valence-corrected chi connectivity index (χ2v) is 6.15. The number of ether oxygens (including phenoxy) is 2. The van der Waals surface area contributed by atoms with Crippen LogP contribution in [0.25, 0.3) is 0 Å². The van der Waals surface area contributed by atoms with Gasteiger partial charge in [0.25, 0.3) is 5.91 Å². The summed E-state index contributed by atoms with van der Waals surface area (Å²) >= 11 is 0. The van der Waals surface area contributed by atoms with E-state index in [0.717, 1.165) is 0 Å². The lowest BCUT2D eigenvalue weighted by molar-refractivity contribution is 0.0692. The molecule has 8 heteroatoms. The van der Waals surface area contributed by atoms with Crippen LogP contribution in [0.5, 0.6) is 0 Å². The Morgan fingerprint density at radius 3 is 2.41 bits per heavy atom. The molecular weight excluding hydrogens is 308 g/mol. The maximum atomic E-state index is 11.9. The first-order valence-corrected chi connectivity index (χ1v) is 8.44. The van der Waals surface area contributed by atoms with Gasteiger partial charge in [0, 0.05) is 25.8 Å². The summed E-state index contributed by atoms with van der Waals surface area (Å²) in [7, 11) is -1.91. The molecular formula is C14H22N2O5S. The van der Waals surface area contributed by atoms with Crippen LogP contribution in [0.1, 0.15) is 17.3 Å². The third-order valence-corrected chi connectivity index (χ3v) is 4.29. The quantitative estimate of drug-likeness (QED) is 0.605. The summed E-state index contributed by atoms with van der Waals surface area (Å²) in [6, 6.07) is 5.76. The van der Waals surface area contributed by atoms with Gasteiger partial charge in [-0.2, -0.15) is 0 Å². The minimum atomic E-state index is -3.50. The zero-order valence-electron chi connectivity index (χ0n) is 12.8. The molecule has 1 amide bonds. The van der Waals surface area contributed by atoms with Gasteiger partial charge in [-0.25, -0.2) is 13.1 Å². The summed E-state index contributed by atoms with van der Waals surface area (Å²) < 4.78 is 36.0. The highest BCUT2D eigenvalue weighted by atomic mass is 32.2. The van der Waals surface area contributed by atoms with Gasteiger partial charge in [-0.1, -0.05) is 6.92 Å². The van der Waals surface area contributed by atoms with Crippen molar-refractivity contribution in [2.75, 3.05) is 40.0 Å². The van der Waals surface area contributed by atoms with E-state index in [4.69, 9.17) is 9.47 Å². The van der Waals surface area contributed by atoms with Crippen LogP contribution in [0.2, 0.25) is 0 Å². The number of carbonyl (C=O) groups excluding carboxylic acids is 1. The first kappa shape index (κ1) is 18.6. The zero-order chi connectivity index (χ0) is 16.4. The number of hydrogen-bond donors (Lipinski definition) is 2. The summed E-state index contributed by atoms with van der Waals surface area (Å²) in [5.41, 5.74) is 0.396. The third kappa shape index (κ3) is 6.10. The minimum absolute atomic E-state index is 0.133. The monoisotopic (exact) mass is 330 g/mol. The van der Waals surface area contributed by atoms with Crippen LogP contribution >= 0.6 is 0 Å². The van der Waals surface area contributed by atoms with Crippen LogP contribution < -0.4 is 10.0 Å². The van der Waals surface area contributed by atoms with Crippen molar-refractivity contribution in [1.82, 2.24) is 10.0 Å². The van der Waals surface area contributed by atoms with Crippen molar-refractivity contribution in [2.45, 2.75) is 11.8 Å². The summed E-state index contributed by atoms with van der Waals surface area (Å²) in [4.78, 5) is 12.0. The molecule has 0 heterocycles. The second-order valence-electron chi connectivity index (χ2n) is 4.39. The SMILES string of the molecule is CCNS(=O)(=O)c1ccc(C(=O)NCCOCCOC)cc1. The van der Waals surface area contributed by atoms with Crippen molar-refractivity contribution < 1.29 is 22.7 Å². The molecule has 0 bridgehead atoms. The Hall–Kier alpha value is -1.48. The Labute approximate surface area is 131 Å². The van der Waals surface area contributed by atoms with Gasteiger partial charge in [-0.15, -0.1) is 0 Å². The molecule has 0 aromatic heterocycles. The Morgan fingerprint density at radius 2 is 1.82 bits per heavy atom. The summed E-state index contributed by atoms with van der Waals surface area (Å²) in [5, 5.41) is 2.69. The smallest absolute Gasteiger partial charge is 0.251 e. The van der Waals surface area contributed by atoms with Crippen LogP contribution in [0.4, 0.5) is 0 Å². The number of methoxy groups -OCH3 is 1. The average Bonchev–Trinajstić information content (AvgIpc) is 2.50. The fraction of sp³-hybridized carbons (Fsp3) is 0.500. The van der Waals surface area contributed by atoms with E-state index in [2.05, 4.69) is 10.0 Å². The van der Waals surface area contributed by atoms with Crippen molar-refractivity contribution in [2.24, 2.45) is 0 Å². The van der Waals surface area contributed by atoms with Crippen LogP contribution in [0, 0.1) is 0 Å². The molecule has 0 aliphatic heterocycles. The van der Waals surface area contributed by atoms with Crippen LogP contribution in [0.15, 0.2) is 29.2 Å².